The lowest BCUT2D eigenvalue weighted by molar-refractivity contribution is -0.137. The van der Waals surface area contributed by atoms with Gasteiger partial charge in [0.2, 0.25) is 18.3 Å². The molecule has 0 spiro atoms. The molecule has 186 valence electrons. The smallest absolute Gasteiger partial charge is 0.417 e. The van der Waals surface area contributed by atoms with Gasteiger partial charge in [-0.1, -0.05) is 30.3 Å². The fourth-order valence-electron chi connectivity index (χ4n) is 3.77. The molecule has 0 fully saturated rings. The summed E-state index contributed by atoms with van der Waals surface area (Å²) < 4.78 is 61.9. The Balaban J connectivity index is 1.55. The fourth-order valence-corrected chi connectivity index (χ4v) is 4.51. The molecule has 2 heterocycles. The van der Waals surface area contributed by atoms with Crippen LogP contribution in [-0.2, 0) is 15.8 Å². The summed E-state index contributed by atoms with van der Waals surface area (Å²) in [5.41, 5.74) is 1.60. The number of rotatable bonds is 6. The van der Waals surface area contributed by atoms with Crippen molar-refractivity contribution in [2.75, 3.05) is 21.0 Å². The Morgan fingerprint density at radius 1 is 1.20 bits per heavy atom. The molecule has 0 saturated heterocycles. The van der Waals surface area contributed by atoms with Crippen LogP contribution in [0.2, 0.25) is 0 Å². The van der Waals surface area contributed by atoms with Gasteiger partial charge in [-0.3, -0.25) is 4.79 Å². The first-order valence-corrected chi connectivity index (χ1v) is 10.9. The summed E-state index contributed by atoms with van der Waals surface area (Å²) in [5.74, 6) is 0.0317. The summed E-state index contributed by atoms with van der Waals surface area (Å²) in [4.78, 5) is 18.2. The van der Waals surface area contributed by atoms with Crippen LogP contribution in [0.25, 0.3) is 0 Å². The number of methoxy groups -OCH3 is 2. The van der Waals surface area contributed by atoms with Crippen molar-refractivity contribution in [2.24, 2.45) is 16.2 Å². The fraction of sp³-hybridized carbons (Fsp3) is 0.318. The van der Waals surface area contributed by atoms with E-state index in [1.165, 1.54) is 32.4 Å². The largest absolute Gasteiger partial charge is 0.492 e. The molecule has 2 atom stereocenters. The minimum atomic E-state index is -4.56. The lowest BCUT2D eigenvalue weighted by Gasteiger charge is -2.21. The summed E-state index contributed by atoms with van der Waals surface area (Å²) in [7, 11) is 2.91. The van der Waals surface area contributed by atoms with Gasteiger partial charge in [-0.05, 0) is 22.0 Å². The van der Waals surface area contributed by atoms with Crippen LogP contribution >= 0.6 is 15.9 Å². The third-order valence-electron chi connectivity index (χ3n) is 5.42. The van der Waals surface area contributed by atoms with Gasteiger partial charge in [-0.15, -0.1) is 0 Å². The van der Waals surface area contributed by atoms with Crippen LogP contribution in [0.15, 0.2) is 39.0 Å². The van der Waals surface area contributed by atoms with E-state index >= 15 is 0 Å². The predicted octanol–water partition coefficient (Wildman–Crippen LogP) is 4.43. The Morgan fingerprint density at radius 2 is 1.86 bits per heavy atom. The number of carbonyl (C=O) groups excluding carboxylic acids is 1. The topological polar surface area (TPSA) is 100.0 Å². The zero-order valence-corrected chi connectivity index (χ0v) is 20.2. The van der Waals surface area contributed by atoms with E-state index in [1.807, 2.05) is 0 Å². The molecule has 2 aromatic rings. The molecule has 2 aromatic carbocycles. The Labute approximate surface area is 205 Å². The highest BCUT2D eigenvalue weighted by Gasteiger charge is 2.42. The first kappa shape index (κ1) is 24.6. The second-order valence-corrected chi connectivity index (χ2v) is 8.23. The number of nitrogens with one attached hydrogen (secondary N) is 1. The second-order valence-electron chi connectivity index (χ2n) is 7.43. The number of nitrogens with zero attached hydrogens (tertiary/aromatic N) is 2. The molecule has 2 aliphatic heterocycles. The monoisotopic (exact) mass is 557 g/mol. The number of oxime groups is 1. The lowest BCUT2D eigenvalue weighted by Crippen LogP contribution is -2.31. The van der Waals surface area contributed by atoms with Crippen molar-refractivity contribution < 1.29 is 41.8 Å². The average molecular weight is 558 g/mol. The van der Waals surface area contributed by atoms with Crippen LogP contribution in [0.4, 0.5) is 13.2 Å². The summed E-state index contributed by atoms with van der Waals surface area (Å²) >= 11 is 3.48. The van der Waals surface area contributed by atoms with Crippen LogP contribution < -0.4 is 24.4 Å². The highest BCUT2D eigenvalue weighted by atomic mass is 79.9. The van der Waals surface area contributed by atoms with Crippen LogP contribution in [0.1, 0.15) is 29.7 Å². The molecule has 2 aliphatic rings. The molecule has 4 rings (SSSR count). The van der Waals surface area contributed by atoms with Gasteiger partial charge in [0.1, 0.15) is 0 Å². The first-order chi connectivity index (χ1) is 16.7. The molecule has 0 unspecified atom stereocenters. The Bertz CT molecular complexity index is 1220. The maximum atomic E-state index is 13.1. The van der Waals surface area contributed by atoms with E-state index in [4.69, 9.17) is 23.8 Å². The van der Waals surface area contributed by atoms with Crippen molar-refractivity contribution in [1.82, 2.24) is 5.43 Å². The predicted molar refractivity (Wildman–Crippen MR) is 121 cm³/mol. The number of amides is 1. The molecule has 35 heavy (non-hydrogen) atoms. The molecule has 0 aliphatic carbocycles. The van der Waals surface area contributed by atoms with Crippen molar-refractivity contribution in [3.63, 3.8) is 0 Å². The number of benzene rings is 2. The van der Waals surface area contributed by atoms with Crippen molar-refractivity contribution in [3.05, 3.63) is 45.4 Å². The number of ether oxygens (including phenoxy) is 4. The Kier molecular flexibility index (Phi) is 6.79. The van der Waals surface area contributed by atoms with Crippen LogP contribution in [0.3, 0.4) is 0 Å². The third-order valence-corrected chi connectivity index (χ3v) is 6.20. The summed E-state index contributed by atoms with van der Waals surface area (Å²) in [5, 5.41) is 7.55. The van der Waals surface area contributed by atoms with Gasteiger partial charge >= 0.3 is 6.18 Å². The molecular weight excluding hydrogens is 539 g/mol. The number of halogens is 4. The standard InChI is InChI=1S/C22H19BrF3N3O6/c1-10-15(21(30)28-27-8-11-6-4-5-7-12(11)22(24,25)26)29-35-16(10)13-14(23)18(32-3)20-19(17(13)31-2)33-9-34-20/h4-8,10,16H,9H2,1-3H3,(H,28,30)/b27-8-/t10-,16+/m0/s1. The Hall–Kier alpha value is -3.48. The lowest BCUT2D eigenvalue weighted by atomic mass is 9.92. The van der Waals surface area contributed by atoms with Gasteiger partial charge in [0.15, 0.2) is 23.3 Å². The molecule has 0 bridgehead atoms. The van der Waals surface area contributed by atoms with E-state index in [2.05, 4.69) is 31.6 Å². The van der Waals surface area contributed by atoms with Gasteiger partial charge in [-0.25, -0.2) is 5.43 Å². The minimum absolute atomic E-state index is 0.0122. The van der Waals surface area contributed by atoms with Crippen molar-refractivity contribution in [3.8, 4) is 23.0 Å². The zero-order valence-electron chi connectivity index (χ0n) is 18.6. The van der Waals surface area contributed by atoms with Crippen molar-refractivity contribution >= 4 is 33.8 Å². The number of hydrogen-bond acceptors (Lipinski definition) is 8. The SMILES string of the molecule is COc1c(Br)c([C@@H]2ON=C(C(=O)N/N=C\c3ccccc3C(F)(F)F)[C@@H]2C)c(OC)c2c1OCO2. The maximum absolute atomic E-state index is 13.1. The highest BCUT2D eigenvalue weighted by Crippen LogP contribution is 2.57. The molecule has 9 nitrogen and oxygen atoms in total. The summed E-state index contributed by atoms with van der Waals surface area (Å²) in [6.07, 6.45) is -4.42. The van der Waals surface area contributed by atoms with Gasteiger partial charge in [0, 0.05) is 5.56 Å². The molecule has 0 aromatic heterocycles. The number of alkyl halides is 3. The number of fused-ring (bicyclic) bond motifs is 1. The van der Waals surface area contributed by atoms with Gasteiger partial charge in [0.05, 0.1) is 42.0 Å². The number of carbonyl (C=O) groups is 1. The maximum Gasteiger partial charge on any atom is 0.417 e. The van der Waals surface area contributed by atoms with E-state index in [1.54, 1.807) is 6.92 Å². The molecule has 1 amide bonds. The van der Waals surface area contributed by atoms with E-state index in [-0.39, 0.29) is 18.1 Å². The normalized spacial score (nSPS) is 18.9. The van der Waals surface area contributed by atoms with E-state index < -0.39 is 29.7 Å². The molecule has 1 N–H and O–H groups in total. The van der Waals surface area contributed by atoms with Gasteiger partial charge in [-0.2, -0.15) is 18.3 Å². The van der Waals surface area contributed by atoms with Gasteiger partial charge < -0.3 is 23.8 Å². The summed E-state index contributed by atoms with van der Waals surface area (Å²) in [6, 6.07) is 4.87. The first-order valence-electron chi connectivity index (χ1n) is 10.1. The number of hydrogen-bond donors (Lipinski definition) is 1. The summed E-state index contributed by atoms with van der Waals surface area (Å²) in [6.45, 7) is 1.67. The van der Waals surface area contributed by atoms with E-state index in [0.717, 1.165) is 12.3 Å². The zero-order chi connectivity index (χ0) is 25.3. The third kappa shape index (κ3) is 4.47. The molecule has 13 heteroatoms. The van der Waals surface area contributed by atoms with Crippen LogP contribution in [-0.4, -0.2) is 38.8 Å². The quantitative estimate of drug-likeness (QED) is 0.416. The second kappa shape index (κ2) is 9.64. The van der Waals surface area contributed by atoms with Gasteiger partial charge in [0.25, 0.3) is 5.91 Å². The van der Waals surface area contributed by atoms with Crippen LogP contribution in [0, 0.1) is 5.92 Å². The molecular formula is C22H19BrF3N3O6. The van der Waals surface area contributed by atoms with E-state index in [0.29, 0.717) is 33.0 Å². The minimum Gasteiger partial charge on any atom is -0.492 e. The van der Waals surface area contributed by atoms with Crippen molar-refractivity contribution in [2.45, 2.75) is 19.2 Å². The van der Waals surface area contributed by atoms with Crippen molar-refractivity contribution in [1.29, 1.82) is 0 Å². The highest BCUT2D eigenvalue weighted by molar-refractivity contribution is 9.10. The molecule has 0 saturated carbocycles. The average Bonchev–Trinajstić information content (AvgIpc) is 3.45. The molecule has 0 radical (unpaired) electrons. The Morgan fingerprint density at radius 3 is 2.51 bits per heavy atom. The number of hydrazone groups is 1. The van der Waals surface area contributed by atoms with E-state index in [9.17, 15) is 18.0 Å². The van der Waals surface area contributed by atoms with Crippen LogP contribution in [0.5, 0.6) is 23.0 Å².